The summed E-state index contributed by atoms with van der Waals surface area (Å²) in [5.41, 5.74) is 0.826. The number of ether oxygens (including phenoxy) is 1. The molecule has 2 aliphatic rings. The molecule has 0 bridgehead atoms. The van der Waals surface area contributed by atoms with Crippen LogP contribution in [-0.4, -0.2) is 33.7 Å². The fraction of sp³-hybridized carbons (Fsp3) is 0.450. The lowest BCUT2D eigenvalue weighted by atomic mass is 9.74. The second-order valence-electron chi connectivity index (χ2n) is 7.47. The number of nitro groups is 1. The zero-order valence-electron chi connectivity index (χ0n) is 16.2. The second-order valence-corrected chi connectivity index (χ2v) is 7.47. The van der Waals surface area contributed by atoms with Gasteiger partial charge < -0.3 is 9.64 Å². The van der Waals surface area contributed by atoms with Crippen LogP contribution >= 0.6 is 0 Å². The van der Waals surface area contributed by atoms with Gasteiger partial charge in [0, 0.05) is 18.1 Å². The molecule has 0 radical (unpaired) electrons. The molecule has 0 aliphatic carbocycles. The fourth-order valence-electron chi connectivity index (χ4n) is 4.21. The van der Waals surface area contributed by atoms with Gasteiger partial charge in [0.1, 0.15) is 5.70 Å². The molecule has 148 valence electrons. The maximum atomic E-state index is 12.7. The van der Waals surface area contributed by atoms with Gasteiger partial charge in [0.05, 0.1) is 22.4 Å². The van der Waals surface area contributed by atoms with Crippen molar-refractivity contribution < 1.29 is 24.0 Å². The van der Waals surface area contributed by atoms with Crippen LogP contribution in [0.5, 0.6) is 0 Å². The number of non-ortho nitro benzene ring substituents is 1. The quantitative estimate of drug-likeness (QED) is 0.253. The normalized spacial score (nSPS) is 23.5. The summed E-state index contributed by atoms with van der Waals surface area (Å²) in [4.78, 5) is 49.2. The van der Waals surface area contributed by atoms with Crippen molar-refractivity contribution in [1.82, 2.24) is 4.90 Å². The van der Waals surface area contributed by atoms with Gasteiger partial charge in [-0.15, -0.1) is 0 Å². The summed E-state index contributed by atoms with van der Waals surface area (Å²) < 4.78 is 5.00. The third-order valence-corrected chi connectivity index (χ3v) is 5.59. The molecule has 0 unspecified atom stereocenters. The van der Waals surface area contributed by atoms with E-state index in [1.807, 2.05) is 27.7 Å². The van der Waals surface area contributed by atoms with E-state index in [1.54, 1.807) is 0 Å². The summed E-state index contributed by atoms with van der Waals surface area (Å²) in [7, 11) is 0. The van der Waals surface area contributed by atoms with Crippen LogP contribution in [0.2, 0.25) is 0 Å². The molecule has 1 amide bonds. The van der Waals surface area contributed by atoms with Gasteiger partial charge in [-0.05, 0) is 30.0 Å². The number of carbonyl (C=O) groups excluding carboxylic acids is 3. The first kappa shape index (κ1) is 19.7. The minimum Gasteiger partial charge on any atom is -0.385 e. The Balaban J connectivity index is 1.81. The number of β-lactam (4-membered cyclic amide) rings is 1. The summed E-state index contributed by atoms with van der Waals surface area (Å²) in [6.07, 6.45) is 0.572. The van der Waals surface area contributed by atoms with E-state index in [-0.39, 0.29) is 46.7 Å². The molecule has 8 nitrogen and oxygen atoms in total. The lowest BCUT2D eigenvalue weighted by Gasteiger charge is -2.47. The topological polar surface area (TPSA) is 107 Å². The van der Waals surface area contributed by atoms with Crippen LogP contribution in [0.1, 0.15) is 44.5 Å². The fourth-order valence-corrected chi connectivity index (χ4v) is 4.21. The minimum absolute atomic E-state index is 0.0205. The van der Waals surface area contributed by atoms with Gasteiger partial charge in [-0.3, -0.25) is 14.9 Å². The zero-order chi connectivity index (χ0) is 20.7. The first-order valence-corrected chi connectivity index (χ1v) is 9.26. The van der Waals surface area contributed by atoms with Gasteiger partial charge in [0.2, 0.25) is 5.91 Å². The molecule has 3 rings (SSSR count). The average Bonchev–Trinajstić information content (AvgIpc) is 2.89. The van der Waals surface area contributed by atoms with Crippen LogP contribution in [0.25, 0.3) is 0 Å². The monoisotopic (exact) mass is 386 g/mol. The number of benzene rings is 1. The Bertz CT molecular complexity index is 886. The van der Waals surface area contributed by atoms with Gasteiger partial charge in [-0.1, -0.05) is 27.7 Å². The molecule has 0 aromatic heterocycles. The Morgan fingerprint density at radius 3 is 2.32 bits per heavy atom. The number of hydrogen-bond acceptors (Lipinski definition) is 6. The van der Waals surface area contributed by atoms with E-state index in [0.717, 1.165) is 17.7 Å². The first-order valence-electron chi connectivity index (χ1n) is 9.26. The average molecular weight is 386 g/mol. The number of hydrogen-bond donors (Lipinski definition) is 0. The summed E-state index contributed by atoms with van der Waals surface area (Å²) in [5.74, 6) is -1.85. The highest BCUT2D eigenvalue weighted by Gasteiger charge is 2.59. The van der Waals surface area contributed by atoms with Gasteiger partial charge in [-0.25, -0.2) is 9.59 Å². The highest BCUT2D eigenvalue weighted by molar-refractivity contribution is 6.06. The van der Waals surface area contributed by atoms with E-state index in [0.29, 0.717) is 6.42 Å². The molecule has 0 N–H and O–H groups in total. The van der Waals surface area contributed by atoms with Gasteiger partial charge in [0.15, 0.2) is 0 Å². The Morgan fingerprint density at radius 2 is 1.82 bits per heavy atom. The predicted molar refractivity (Wildman–Crippen MR) is 99.0 cm³/mol. The molecule has 0 spiro atoms. The van der Waals surface area contributed by atoms with E-state index < -0.39 is 16.9 Å². The molecule has 8 heteroatoms. The molecular weight excluding hydrogens is 364 g/mol. The lowest BCUT2D eigenvalue weighted by Crippen LogP contribution is -2.62. The molecule has 1 saturated heterocycles. The third kappa shape index (κ3) is 2.98. The smallest absolute Gasteiger partial charge is 0.362 e. The number of carbonyl (C=O) groups is 3. The molecule has 1 aromatic rings. The van der Waals surface area contributed by atoms with Crippen molar-refractivity contribution in [2.24, 2.45) is 17.8 Å². The second kappa shape index (κ2) is 7.18. The Morgan fingerprint density at radius 1 is 1.21 bits per heavy atom. The largest absolute Gasteiger partial charge is 0.385 e. The van der Waals surface area contributed by atoms with Crippen molar-refractivity contribution >= 4 is 23.5 Å². The van der Waals surface area contributed by atoms with Crippen LogP contribution in [0.3, 0.4) is 0 Å². The first-order chi connectivity index (χ1) is 13.2. The maximum Gasteiger partial charge on any atom is 0.362 e. The maximum absolute atomic E-state index is 12.7. The van der Waals surface area contributed by atoms with E-state index in [1.165, 1.54) is 17.0 Å². The Labute approximate surface area is 162 Å². The van der Waals surface area contributed by atoms with Crippen LogP contribution in [0.4, 0.5) is 5.69 Å². The standard InChI is InChI=1S/C20H22N2O6/c1-5-14-11(4)16-15(10(2)3)18(23)21(16)17(14)20(25)28-19(24)12-6-8-13(9-7-12)22(26)27/h6-11,15-16H,5H2,1-4H3/t11-,15+,16+/m0/s1. The van der Waals surface area contributed by atoms with Crippen LogP contribution in [-0.2, 0) is 14.3 Å². The predicted octanol–water partition coefficient (Wildman–Crippen LogP) is 3.08. The van der Waals surface area contributed by atoms with Gasteiger partial charge in [0.25, 0.3) is 5.69 Å². The molecule has 2 heterocycles. The minimum atomic E-state index is -0.910. The lowest BCUT2D eigenvalue weighted by molar-refractivity contribution is -0.384. The number of rotatable bonds is 5. The van der Waals surface area contributed by atoms with Crippen LogP contribution < -0.4 is 0 Å². The highest BCUT2D eigenvalue weighted by Crippen LogP contribution is 2.49. The SMILES string of the molecule is CCC1=C(C(=O)OC(=O)c2ccc([N+](=O)[O-])cc2)N2C(=O)[C@H](C(C)C)[C@H]2[C@H]1C. The summed E-state index contributed by atoms with van der Waals surface area (Å²) in [6, 6.07) is 4.70. The van der Waals surface area contributed by atoms with Crippen molar-refractivity contribution in [1.29, 1.82) is 0 Å². The number of amides is 1. The molecule has 28 heavy (non-hydrogen) atoms. The molecule has 3 atom stereocenters. The number of nitrogens with zero attached hydrogens (tertiary/aromatic N) is 2. The van der Waals surface area contributed by atoms with Crippen molar-refractivity contribution in [3.63, 3.8) is 0 Å². The van der Waals surface area contributed by atoms with Crippen molar-refractivity contribution in [3.8, 4) is 0 Å². The molecular formula is C20H22N2O6. The van der Waals surface area contributed by atoms with E-state index in [4.69, 9.17) is 4.74 Å². The van der Waals surface area contributed by atoms with Crippen molar-refractivity contribution in [2.45, 2.75) is 40.2 Å². The van der Waals surface area contributed by atoms with Crippen molar-refractivity contribution in [3.05, 3.63) is 51.2 Å². The summed E-state index contributed by atoms with van der Waals surface area (Å²) >= 11 is 0. The number of esters is 2. The van der Waals surface area contributed by atoms with Gasteiger partial charge >= 0.3 is 11.9 Å². The van der Waals surface area contributed by atoms with Crippen LogP contribution in [0.15, 0.2) is 35.5 Å². The molecule has 0 saturated carbocycles. The Hall–Kier alpha value is -3.03. The van der Waals surface area contributed by atoms with Crippen molar-refractivity contribution in [2.75, 3.05) is 0 Å². The summed E-state index contributed by atoms with van der Waals surface area (Å²) in [5, 5.41) is 10.7. The zero-order valence-corrected chi connectivity index (χ0v) is 16.2. The van der Waals surface area contributed by atoms with Crippen LogP contribution in [0, 0.1) is 27.9 Å². The van der Waals surface area contributed by atoms with Gasteiger partial charge in [-0.2, -0.15) is 0 Å². The Kier molecular flexibility index (Phi) is 5.06. The molecule has 1 aromatic carbocycles. The number of fused-ring (bicyclic) bond motifs is 1. The van der Waals surface area contributed by atoms with E-state index in [9.17, 15) is 24.5 Å². The van der Waals surface area contributed by atoms with E-state index >= 15 is 0 Å². The molecule has 1 fully saturated rings. The number of nitro benzene ring substituents is 1. The summed E-state index contributed by atoms with van der Waals surface area (Å²) in [6.45, 7) is 7.84. The van der Waals surface area contributed by atoms with E-state index in [2.05, 4.69) is 0 Å². The third-order valence-electron chi connectivity index (χ3n) is 5.59. The highest BCUT2D eigenvalue weighted by atomic mass is 16.6. The molecule has 2 aliphatic heterocycles.